The zero-order valence-electron chi connectivity index (χ0n) is 8.68. The van der Waals surface area contributed by atoms with E-state index in [1.54, 1.807) is 0 Å². The van der Waals surface area contributed by atoms with Gasteiger partial charge in [0, 0.05) is 0 Å². The van der Waals surface area contributed by atoms with Gasteiger partial charge < -0.3 is 5.32 Å². The van der Waals surface area contributed by atoms with Gasteiger partial charge in [-0.2, -0.15) is 0 Å². The number of hydrogen-bond donors (Lipinski definition) is 1. The molecule has 2 rings (SSSR count). The Morgan fingerprint density at radius 3 is 2.08 bits per heavy atom. The summed E-state index contributed by atoms with van der Waals surface area (Å²) in [6.45, 7) is 4.67. The van der Waals surface area contributed by atoms with Gasteiger partial charge in [0.1, 0.15) is 0 Å². The van der Waals surface area contributed by atoms with Crippen molar-refractivity contribution in [1.29, 1.82) is 0 Å². The van der Waals surface area contributed by atoms with E-state index in [9.17, 15) is 0 Å². The van der Waals surface area contributed by atoms with Crippen LogP contribution in [-0.4, -0.2) is 13.1 Å². The summed E-state index contributed by atoms with van der Waals surface area (Å²) in [6.07, 6.45) is 13.2. The summed E-state index contributed by atoms with van der Waals surface area (Å²) in [5.41, 5.74) is 1.50. The molecule has 0 spiro atoms. The fourth-order valence-corrected chi connectivity index (χ4v) is 1.52. The average Bonchev–Trinajstić information content (AvgIpc) is 2.22. The molecule has 1 N–H and O–H groups in total. The van der Waals surface area contributed by atoms with Crippen LogP contribution in [0.1, 0.15) is 39.0 Å². The van der Waals surface area contributed by atoms with Gasteiger partial charge in [-0.15, -0.1) is 0 Å². The molecule has 1 saturated heterocycles. The highest BCUT2D eigenvalue weighted by atomic mass is 14.9. The molecule has 1 aliphatic heterocycles. The monoisotopic (exact) mass is 179 g/mol. The number of allylic oxidation sites excluding steroid dienone is 4. The highest BCUT2D eigenvalue weighted by Crippen LogP contribution is 2.07. The second kappa shape index (κ2) is 6.90. The van der Waals surface area contributed by atoms with Crippen LogP contribution in [0, 0.1) is 0 Å². The van der Waals surface area contributed by atoms with Crippen molar-refractivity contribution in [2.75, 3.05) is 13.1 Å². The van der Waals surface area contributed by atoms with Crippen LogP contribution in [-0.2, 0) is 0 Å². The summed E-state index contributed by atoms with van der Waals surface area (Å²) >= 11 is 0. The molecule has 1 heterocycles. The van der Waals surface area contributed by atoms with Crippen molar-refractivity contribution in [2.45, 2.75) is 39.0 Å². The Bertz CT molecular complexity index is 164. The predicted molar refractivity (Wildman–Crippen MR) is 58.9 cm³/mol. The van der Waals surface area contributed by atoms with Crippen molar-refractivity contribution in [2.24, 2.45) is 0 Å². The Morgan fingerprint density at radius 2 is 1.85 bits per heavy atom. The number of rotatable bonds is 0. The van der Waals surface area contributed by atoms with Gasteiger partial charge in [-0.25, -0.2) is 0 Å². The Hall–Kier alpha value is -0.560. The molecule has 0 saturated carbocycles. The Kier molecular flexibility index (Phi) is 5.59. The third-order valence-corrected chi connectivity index (χ3v) is 2.42. The number of nitrogens with one attached hydrogen (secondary N) is 1. The van der Waals surface area contributed by atoms with Crippen molar-refractivity contribution >= 4 is 0 Å². The summed E-state index contributed by atoms with van der Waals surface area (Å²) in [5, 5.41) is 3.28. The maximum Gasteiger partial charge on any atom is -0.00489 e. The lowest BCUT2D eigenvalue weighted by molar-refractivity contribution is 0.520. The molecule has 0 unspecified atom stereocenters. The van der Waals surface area contributed by atoms with Crippen LogP contribution in [0.4, 0.5) is 0 Å². The molecular weight excluding hydrogens is 158 g/mol. The van der Waals surface area contributed by atoms with Crippen molar-refractivity contribution in [3.05, 3.63) is 23.8 Å². The number of piperidine rings is 1. The van der Waals surface area contributed by atoms with Crippen molar-refractivity contribution < 1.29 is 0 Å². The van der Waals surface area contributed by atoms with Gasteiger partial charge in [0.25, 0.3) is 0 Å². The zero-order valence-corrected chi connectivity index (χ0v) is 8.68. The van der Waals surface area contributed by atoms with Crippen molar-refractivity contribution in [3.63, 3.8) is 0 Å². The molecule has 0 bridgehead atoms. The van der Waals surface area contributed by atoms with E-state index >= 15 is 0 Å². The molecule has 0 aromatic carbocycles. The van der Waals surface area contributed by atoms with Gasteiger partial charge in [-0.05, 0) is 45.7 Å². The molecule has 1 fully saturated rings. The zero-order chi connectivity index (χ0) is 9.36. The van der Waals surface area contributed by atoms with Gasteiger partial charge >= 0.3 is 0 Å². The van der Waals surface area contributed by atoms with E-state index in [0.29, 0.717) is 0 Å². The maximum atomic E-state index is 3.28. The first-order valence-corrected chi connectivity index (χ1v) is 5.41. The standard InChI is InChI=1S/C7H10.C5H11N/c1-7-5-3-2-4-6-7;1-2-4-6-5-3-1/h2-3,6H,4-5H2,1H3;6H,1-5H2. The summed E-state index contributed by atoms with van der Waals surface area (Å²) in [5.74, 6) is 0. The largest absolute Gasteiger partial charge is 0.317 e. The third-order valence-electron chi connectivity index (χ3n) is 2.42. The highest BCUT2D eigenvalue weighted by molar-refractivity contribution is 5.11. The highest BCUT2D eigenvalue weighted by Gasteiger charge is 1.93. The molecule has 2 aliphatic rings. The first kappa shape index (κ1) is 10.5. The van der Waals surface area contributed by atoms with Crippen LogP contribution in [0.25, 0.3) is 0 Å². The van der Waals surface area contributed by atoms with Crippen LogP contribution in [0.5, 0.6) is 0 Å². The van der Waals surface area contributed by atoms with E-state index in [4.69, 9.17) is 0 Å². The molecule has 0 aromatic heterocycles. The quantitative estimate of drug-likeness (QED) is 0.564. The van der Waals surface area contributed by atoms with E-state index in [0.717, 1.165) is 6.42 Å². The molecule has 0 amide bonds. The van der Waals surface area contributed by atoms with Crippen molar-refractivity contribution in [1.82, 2.24) is 5.32 Å². The van der Waals surface area contributed by atoms with Crippen LogP contribution >= 0.6 is 0 Å². The lowest BCUT2D eigenvalue weighted by Crippen LogP contribution is -2.21. The lowest BCUT2D eigenvalue weighted by atomic mass is 10.1. The summed E-state index contributed by atoms with van der Waals surface area (Å²) in [7, 11) is 0. The van der Waals surface area contributed by atoms with Crippen LogP contribution in [0.2, 0.25) is 0 Å². The molecule has 1 aliphatic carbocycles. The molecule has 0 atom stereocenters. The number of hydrogen-bond acceptors (Lipinski definition) is 1. The second-order valence-corrected chi connectivity index (χ2v) is 3.77. The molecule has 1 heteroatoms. The Morgan fingerprint density at radius 1 is 1.08 bits per heavy atom. The Labute approximate surface area is 81.9 Å². The fourth-order valence-electron chi connectivity index (χ4n) is 1.52. The summed E-state index contributed by atoms with van der Waals surface area (Å²) in [6, 6.07) is 0. The molecular formula is C12H21N. The average molecular weight is 179 g/mol. The Balaban J connectivity index is 0.000000132. The smallest absolute Gasteiger partial charge is 0.00489 e. The minimum absolute atomic E-state index is 1.14. The summed E-state index contributed by atoms with van der Waals surface area (Å²) < 4.78 is 0. The molecule has 1 nitrogen and oxygen atoms in total. The topological polar surface area (TPSA) is 12.0 Å². The fraction of sp³-hybridized carbons (Fsp3) is 0.667. The molecule has 74 valence electrons. The van der Waals surface area contributed by atoms with Crippen LogP contribution < -0.4 is 5.32 Å². The SMILES string of the molecule is C1CCNCC1.CC1=CCC=CC1. The lowest BCUT2D eigenvalue weighted by Gasteiger charge is -2.08. The van der Waals surface area contributed by atoms with Gasteiger partial charge in [-0.1, -0.05) is 30.2 Å². The van der Waals surface area contributed by atoms with E-state index in [2.05, 4.69) is 30.5 Å². The molecule has 0 radical (unpaired) electrons. The predicted octanol–water partition coefficient (Wildman–Crippen LogP) is 3.04. The normalized spacial score (nSPS) is 21.5. The van der Waals surface area contributed by atoms with E-state index in [-0.39, 0.29) is 0 Å². The first-order valence-electron chi connectivity index (χ1n) is 5.41. The van der Waals surface area contributed by atoms with Crippen molar-refractivity contribution in [3.8, 4) is 0 Å². The summed E-state index contributed by atoms with van der Waals surface area (Å²) in [4.78, 5) is 0. The van der Waals surface area contributed by atoms with Gasteiger partial charge in [0.05, 0.1) is 0 Å². The van der Waals surface area contributed by atoms with E-state index < -0.39 is 0 Å². The second-order valence-electron chi connectivity index (χ2n) is 3.77. The van der Waals surface area contributed by atoms with Crippen LogP contribution in [0.15, 0.2) is 23.8 Å². The van der Waals surface area contributed by atoms with E-state index in [1.807, 2.05) is 0 Å². The molecule has 0 aromatic rings. The first-order chi connectivity index (χ1) is 6.39. The van der Waals surface area contributed by atoms with E-state index in [1.165, 1.54) is 44.3 Å². The minimum atomic E-state index is 1.14. The maximum absolute atomic E-state index is 3.28. The molecule has 13 heavy (non-hydrogen) atoms. The van der Waals surface area contributed by atoms with Gasteiger partial charge in [-0.3, -0.25) is 0 Å². The van der Waals surface area contributed by atoms with Gasteiger partial charge in [0.15, 0.2) is 0 Å². The van der Waals surface area contributed by atoms with Crippen LogP contribution in [0.3, 0.4) is 0 Å². The third kappa shape index (κ3) is 5.64. The van der Waals surface area contributed by atoms with Gasteiger partial charge in [0.2, 0.25) is 0 Å². The minimum Gasteiger partial charge on any atom is -0.317 e.